The number of benzene rings is 1. The fraction of sp³-hybridized carbons (Fsp3) is 0.500. The van der Waals surface area contributed by atoms with E-state index in [9.17, 15) is 13.2 Å². The molecule has 2 heterocycles. The smallest absolute Gasteiger partial charge is 0.406 e. The summed E-state index contributed by atoms with van der Waals surface area (Å²) in [6.45, 7) is 0. The van der Waals surface area contributed by atoms with E-state index < -0.39 is 6.36 Å². The van der Waals surface area contributed by atoms with Crippen LogP contribution in [0.1, 0.15) is 24.8 Å². The molecule has 1 aromatic rings. The highest BCUT2D eigenvalue weighted by molar-refractivity contribution is 5.33. The van der Waals surface area contributed by atoms with Crippen molar-refractivity contribution in [2.45, 2.75) is 44.1 Å². The van der Waals surface area contributed by atoms with Gasteiger partial charge in [0.15, 0.2) is 0 Å². The van der Waals surface area contributed by atoms with Gasteiger partial charge in [-0.2, -0.15) is 0 Å². The summed E-state index contributed by atoms with van der Waals surface area (Å²) in [6.07, 6.45) is 1.75. The van der Waals surface area contributed by atoms with Crippen LogP contribution in [0.15, 0.2) is 35.9 Å². The first-order chi connectivity index (χ1) is 9.90. The van der Waals surface area contributed by atoms with E-state index in [0.717, 1.165) is 12.0 Å². The number of alkyl halides is 3. The van der Waals surface area contributed by atoms with Crippen LogP contribution < -0.4 is 4.74 Å². The third-order valence-corrected chi connectivity index (χ3v) is 4.38. The van der Waals surface area contributed by atoms with Crippen LogP contribution in [0.4, 0.5) is 13.2 Å². The maximum Gasteiger partial charge on any atom is 0.573 e. The van der Waals surface area contributed by atoms with Crippen molar-refractivity contribution in [2.24, 2.45) is 0 Å². The van der Waals surface area contributed by atoms with Gasteiger partial charge in [0.2, 0.25) is 0 Å². The number of rotatable bonds is 3. The Balaban J connectivity index is 1.71. The Kier molecular flexibility index (Phi) is 3.69. The minimum absolute atomic E-state index is 0.142. The maximum absolute atomic E-state index is 12.2. The van der Waals surface area contributed by atoms with Crippen LogP contribution in [0.3, 0.4) is 0 Å². The van der Waals surface area contributed by atoms with Gasteiger partial charge >= 0.3 is 6.36 Å². The number of ether oxygens (including phenoxy) is 1. The maximum atomic E-state index is 12.2. The van der Waals surface area contributed by atoms with Crippen LogP contribution in [0.25, 0.3) is 0 Å². The van der Waals surface area contributed by atoms with Gasteiger partial charge in [-0.15, -0.1) is 13.2 Å². The summed E-state index contributed by atoms with van der Waals surface area (Å²) in [5, 5.41) is 0. The molecule has 21 heavy (non-hydrogen) atoms. The van der Waals surface area contributed by atoms with E-state index in [2.05, 4.69) is 22.8 Å². The summed E-state index contributed by atoms with van der Waals surface area (Å²) >= 11 is 0. The number of hydrogen-bond donors (Lipinski definition) is 0. The number of halogens is 3. The lowest BCUT2D eigenvalue weighted by Crippen LogP contribution is -2.35. The molecule has 2 aliphatic rings. The largest absolute Gasteiger partial charge is 0.573 e. The number of hydrogen-bond acceptors (Lipinski definition) is 2. The zero-order chi connectivity index (χ0) is 15.0. The Morgan fingerprint density at radius 1 is 1.29 bits per heavy atom. The molecule has 114 valence electrons. The molecule has 5 heteroatoms. The second kappa shape index (κ2) is 5.37. The molecule has 2 atom stereocenters. The fourth-order valence-corrected chi connectivity index (χ4v) is 3.38. The molecular formula is C16H18F3NO. The summed E-state index contributed by atoms with van der Waals surface area (Å²) < 4.78 is 40.7. The van der Waals surface area contributed by atoms with Crippen molar-refractivity contribution in [3.8, 4) is 5.75 Å². The molecule has 0 radical (unpaired) electrons. The Labute approximate surface area is 122 Å². The predicted octanol–water partition coefficient (Wildman–Crippen LogP) is 3.92. The van der Waals surface area contributed by atoms with Crippen LogP contribution in [0.2, 0.25) is 0 Å². The summed E-state index contributed by atoms with van der Waals surface area (Å²) in [5.41, 5.74) is 2.19. The highest BCUT2D eigenvalue weighted by Gasteiger charge is 2.33. The normalized spacial score (nSPS) is 25.8. The summed E-state index contributed by atoms with van der Waals surface area (Å²) in [4.78, 5) is 2.40. The molecule has 0 aromatic heterocycles. The van der Waals surface area contributed by atoms with Gasteiger partial charge in [0.25, 0.3) is 0 Å². The van der Waals surface area contributed by atoms with Gasteiger partial charge in [-0.05, 0) is 50.4 Å². The van der Waals surface area contributed by atoms with Gasteiger partial charge in [0, 0.05) is 12.1 Å². The zero-order valence-corrected chi connectivity index (χ0v) is 11.9. The minimum Gasteiger partial charge on any atom is -0.406 e. The molecule has 2 unspecified atom stereocenters. The first-order valence-corrected chi connectivity index (χ1v) is 7.17. The van der Waals surface area contributed by atoms with Crippen molar-refractivity contribution >= 4 is 0 Å². The molecule has 1 aromatic carbocycles. The molecule has 0 N–H and O–H groups in total. The molecule has 2 bridgehead atoms. The van der Waals surface area contributed by atoms with E-state index in [1.807, 2.05) is 6.07 Å². The van der Waals surface area contributed by atoms with E-state index in [-0.39, 0.29) is 5.75 Å². The lowest BCUT2D eigenvalue weighted by Gasteiger charge is -2.30. The molecule has 3 rings (SSSR count). The highest BCUT2D eigenvalue weighted by Crippen LogP contribution is 2.34. The molecular weight excluding hydrogens is 279 g/mol. The highest BCUT2D eigenvalue weighted by atomic mass is 19.4. The Bertz CT molecular complexity index is 553. The van der Waals surface area contributed by atoms with Gasteiger partial charge in [0.05, 0.1) is 0 Å². The number of likely N-dealkylation sites (N-methyl/N-ethyl adjacent to an activating group) is 1. The van der Waals surface area contributed by atoms with Gasteiger partial charge in [0.1, 0.15) is 5.75 Å². The Hall–Kier alpha value is -1.49. The lowest BCUT2D eigenvalue weighted by molar-refractivity contribution is -0.274. The Morgan fingerprint density at radius 3 is 2.81 bits per heavy atom. The quantitative estimate of drug-likeness (QED) is 0.784. The van der Waals surface area contributed by atoms with E-state index in [0.29, 0.717) is 18.5 Å². The van der Waals surface area contributed by atoms with Crippen LogP contribution >= 0.6 is 0 Å². The minimum atomic E-state index is -4.63. The molecule has 0 spiro atoms. The fourth-order valence-electron chi connectivity index (χ4n) is 3.38. The van der Waals surface area contributed by atoms with Crippen LogP contribution in [-0.2, 0) is 6.42 Å². The number of nitrogens with zero attached hydrogens (tertiary/aromatic N) is 1. The number of fused-ring (bicyclic) bond motifs is 2. The molecule has 1 saturated heterocycles. The van der Waals surface area contributed by atoms with E-state index in [1.54, 1.807) is 6.07 Å². The molecule has 1 fully saturated rings. The third-order valence-electron chi connectivity index (χ3n) is 4.38. The monoisotopic (exact) mass is 297 g/mol. The van der Waals surface area contributed by atoms with E-state index in [1.165, 1.54) is 30.5 Å². The molecule has 0 saturated carbocycles. The van der Waals surface area contributed by atoms with Crippen LogP contribution in [-0.4, -0.2) is 30.4 Å². The summed E-state index contributed by atoms with van der Waals surface area (Å²) in [5.74, 6) is -0.142. The molecule has 0 amide bonds. The average Bonchev–Trinajstić information content (AvgIpc) is 2.60. The zero-order valence-electron chi connectivity index (χ0n) is 11.9. The second-order valence-corrected chi connectivity index (χ2v) is 5.87. The van der Waals surface area contributed by atoms with Crippen molar-refractivity contribution in [1.82, 2.24) is 4.90 Å². The standard InChI is InChI=1S/C16H18F3NO/c1-20-13-5-6-14(20)9-12(8-13)7-11-3-2-4-15(10-11)21-16(17,18)19/h2-4,8,10,13-14H,5-7,9H2,1H3. The van der Waals surface area contributed by atoms with E-state index >= 15 is 0 Å². The van der Waals surface area contributed by atoms with Gasteiger partial charge in [-0.1, -0.05) is 23.8 Å². The van der Waals surface area contributed by atoms with Gasteiger partial charge in [-0.25, -0.2) is 0 Å². The van der Waals surface area contributed by atoms with Crippen LogP contribution in [0, 0.1) is 0 Å². The van der Waals surface area contributed by atoms with Crippen molar-refractivity contribution in [3.63, 3.8) is 0 Å². The summed E-state index contributed by atoms with van der Waals surface area (Å²) in [7, 11) is 2.15. The van der Waals surface area contributed by atoms with Crippen molar-refractivity contribution in [3.05, 3.63) is 41.5 Å². The summed E-state index contributed by atoms with van der Waals surface area (Å²) in [6, 6.07) is 7.36. The van der Waals surface area contributed by atoms with Gasteiger partial charge in [-0.3, -0.25) is 4.90 Å². The Morgan fingerprint density at radius 2 is 2.10 bits per heavy atom. The first-order valence-electron chi connectivity index (χ1n) is 7.17. The lowest BCUT2D eigenvalue weighted by atomic mass is 9.95. The first kappa shape index (κ1) is 14.4. The third kappa shape index (κ3) is 3.40. The topological polar surface area (TPSA) is 12.5 Å². The van der Waals surface area contributed by atoms with Gasteiger partial charge < -0.3 is 4.74 Å². The average molecular weight is 297 g/mol. The van der Waals surface area contributed by atoms with Crippen molar-refractivity contribution in [1.29, 1.82) is 0 Å². The predicted molar refractivity (Wildman–Crippen MR) is 74.1 cm³/mol. The van der Waals surface area contributed by atoms with E-state index in [4.69, 9.17) is 0 Å². The molecule has 2 aliphatic heterocycles. The van der Waals surface area contributed by atoms with Crippen molar-refractivity contribution < 1.29 is 17.9 Å². The SMILES string of the molecule is CN1C2C=C(Cc3cccc(OC(F)(F)F)c3)CC1CC2. The van der Waals surface area contributed by atoms with Crippen molar-refractivity contribution in [2.75, 3.05) is 7.05 Å². The van der Waals surface area contributed by atoms with Crippen LogP contribution in [0.5, 0.6) is 5.75 Å². The molecule has 0 aliphatic carbocycles. The second-order valence-electron chi connectivity index (χ2n) is 5.87. The molecule has 2 nitrogen and oxygen atoms in total.